The Kier molecular flexibility index (Phi) is 5.13. The maximum Gasteiger partial charge on any atom is 0.240 e. The number of hydrogen-bond donors (Lipinski definition) is 2. The average Bonchev–Trinajstić information content (AvgIpc) is 2.28. The first-order chi connectivity index (χ1) is 8.36. The first-order valence-electron chi connectivity index (χ1n) is 5.76. The molecule has 3 N–H and O–H groups in total. The van der Waals surface area contributed by atoms with Crippen LogP contribution in [-0.4, -0.2) is 28.1 Å². The topological polar surface area (TPSA) is 81.4 Å². The molecule has 0 saturated heterocycles. The van der Waals surface area contributed by atoms with Crippen LogP contribution in [0.3, 0.4) is 0 Å². The van der Waals surface area contributed by atoms with Crippen molar-refractivity contribution >= 4 is 10.0 Å². The number of methoxy groups -OCH3 is 1. The Morgan fingerprint density at radius 1 is 1.44 bits per heavy atom. The number of hydrogen-bond acceptors (Lipinski definition) is 4. The highest BCUT2D eigenvalue weighted by Crippen LogP contribution is 2.21. The molecule has 1 rings (SSSR count). The van der Waals surface area contributed by atoms with E-state index in [4.69, 9.17) is 10.5 Å². The highest BCUT2D eigenvalue weighted by atomic mass is 32.2. The van der Waals surface area contributed by atoms with Crippen molar-refractivity contribution in [3.05, 3.63) is 23.8 Å². The third-order valence-corrected chi connectivity index (χ3v) is 4.03. The molecular formula is C12H20N2O3S. The summed E-state index contributed by atoms with van der Waals surface area (Å²) in [6, 6.07) is 4.74. The number of nitrogens with two attached hydrogens (primary N) is 1. The summed E-state index contributed by atoms with van der Waals surface area (Å²) >= 11 is 0. The van der Waals surface area contributed by atoms with Gasteiger partial charge in [-0.25, -0.2) is 13.1 Å². The van der Waals surface area contributed by atoms with Gasteiger partial charge in [0.15, 0.2) is 0 Å². The summed E-state index contributed by atoms with van der Waals surface area (Å²) in [5, 5.41) is 0. The summed E-state index contributed by atoms with van der Waals surface area (Å²) < 4.78 is 31.6. The molecule has 0 radical (unpaired) electrons. The third-order valence-electron chi connectivity index (χ3n) is 2.57. The summed E-state index contributed by atoms with van der Waals surface area (Å²) in [6.45, 7) is 3.98. The first kappa shape index (κ1) is 14.9. The molecule has 0 aliphatic carbocycles. The number of sulfonamides is 1. The van der Waals surface area contributed by atoms with Gasteiger partial charge >= 0.3 is 0 Å². The predicted octanol–water partition coefficient (Wildman–Crippen LogP) is 1.02. The molecule has 6 heteroatoms. The Balaban J connectivity index is 2.82. The monoisotopic (exact) mass is 272 g/mol. The van der Waals surface area contributed by atoms with Crippen molar-refractivity contribution in [2.24, 2.45) is 5.73 Å². The molecule has 0 saturated carbocycles. The Hall–Kier alpha value is -1.11. The summed E-state index contributed by atoms with van der Waals surface area (Å²) in [4.78, 5) is 0.241. The van der Waals surface area contributed by atoms with E-state index in [1.165, 1.54) is 6.07 Å². The molecule has 18 heavy (non-hydrogen) atoms. The fourth-order valence-electron chi connectivity index (χ4n) is 1.52. The van der Waals surface area contributed by atoms with Gasteiger partial charge in [-0.05, 0) is 44.0 Å². The van der Waals surface area contributed by atoms with Crippen LogP contribution >= 0.6 is 0 Å². The van der Waals surface area contributed by atoms with Gasteiger partial charge in [0.2, 0.25) is 10.0 Å². The number of aryl methyl sites for hydroxylation is 1. The van der Waals surface area contributed by atoms with E-state index in [1.54, 1.807) is 26.2 Å². The van der Waals surface area contributed by atoms with Gasteiger partial charge in [-0.1, -0.05) is 0 Å². The number of ether oxygens (including phenoxy) is 1. The maximum atomic E-state index is 12.0. The van der Waals surface area contributed by atoms with E-state index < -0.39 is 10.0 Å². The highest BCUT2D eigenvalue weighted by molar-refractivity contribution is 7.89. The second kappa shape index (κ2) is 6.17. The largest absolute Gasteiger partial charge is 0.496 e. The van der Waals surface area contributed by atoms with E-state index >= 15 is 0 Å². The van der Waals surface area contributed by atoms with Crippen molar-refractivity contribution in [1.29, 1.82) is 0 Å². The number of rotatable bonds is 6. The lowest BCUT2D eigenvalue weighted by Crippen LogP contribution is -2.29. The molecule has 0 fully saturated rings. The van der Waals surface area contributed by atoms with Crippen LogP contribution in [0.5, 0.6) is 5.75 Å². The highest BCUT2D eigenvalue weighted by Gasteiger charge is 2.14. The molecule has 0 aromatic heterocycles. The van der Waals surface area contributed by atoms with Gasteiger partial charge in [0.05, 0.1) is 12.0 Å². The van der Waals surface area contributed by atoms with E-state index in [-0.39, 0.29) is 10.9 Å². The van der Waals surface area contributed by atoms with Crippen LogP contribution in [0, 0.1) is 6.92 Å². The molecule has 1 unspecified atom stereocenters. The Labute approximate surface area is 108 Å². The van der Waals surface area contributed by atoms with Crippen LogP contribution in [0.1, 0.15) is 18.9 Å². The lowest BCUT2D eigenvalue weighted by molar-refractivity contribution is 0.411. The molecule has 5 nitrogen and oxygen atoms in total. The number of nitrogens with one attached hydrogen (secondary N) is 1. The zero-order valence-electron chi connectivity index (χ0n) is 10.9. The lowest BCUT2D eigenvalue weighted by atomic mass is 10.2. The molecule has 0 spiro atoms. The van der Waals surface area contributed by atoms with E-state index in [0.29, 0.717) is 18.7 Å². The predicted molar refractivity (Wildman–Crippen MR) is 71.2 cm³/mol. The van der Waals surface area contributed by atoms with E-state index in [0.717, 1.165) is 5.56 Å². The molecule has 1 aromatic rings. The van der Waals surface area contributed by atoms with E-state index in [1.807, 2.05) is 6.92 Å². The Morgan fingerprint density at radius 2 is 2.11 bits per heavy atom. The minimum absolute atomic E-state index is 0.0229. The second-order valence-corrected chi connectivity index (χ2v) is 6.06. The smallest absolute Gasteiger partial charge is 0.240 e. The minimum Gasteiger partial charge on any atom is -0.496 e. The van der Waals surface area contributed by atoms with Crippen molar-refractivity contribution in [3.8, 4) is 5.75 Å². The van der Waals surface area contributed by atoms with Crippen LogP contribution in [0.2, 0.25) is 0 Å². The fraction of sp³-hybridized carbons (Fsp3) is 0.500. The zero-order valence-corrected chi connectivity index (χ0v) is 11.8. The molecule has 1 atom stereocenters. The molecule has 0 aliphatic heterocycles. The maximum absolute atomic E-state index is 12.0. The molecule has 0 amide bonds. The second-order valence-electron chi connectivity index (χ2n) is 4.30. The molecule has 0 bridgehead atoms. The minimum atomic E-state index is -3.46. The van der Waals surface area contributed by atoms with Gasteiger partial charge in [-0.3, -0.25) is 0 Å². The standard InChI is InChI=1S/C12H20N2O3S/c1-9-8-11(4-5-12(9)17-3)18(15,16)14-7-6-10(2)13/h4-5,8,10,14H,6-7,13H2,1-3H3. The molecule has 102 valence electrons. The van der Waals surface area contributed by atoms with Gasteiger partial charge < -0.3 is 10.5 Å². The van der Waals surface area contributed by atoms with E-state index in [9.17, 15) is 8.42 Å². The van der Waals surface area contributed by atoms with Gasteiger partial charge in [0.25, 0.3) is 0 Å². The van der Waals surface area contributed by atoms with E-state index in [2.05, 4.69) is 4.72 Å². The van der Waals surface area contributed by atoms with Crippen LogP contribution in [0.4, 0.5) is 0 Å². The van der Waals surface area contributed by atoms with Crippen molar-refractivity contribution in [1.82, 2.24) is 4.72 Å². The Morgan fingerprint density at radius 3 is 2.61 bits per heavy atom. The molecule has 0 heterocycles. The van der Waals surface area contributed by atoms with Gasteiger partial charge in [0.1, 0.15) is 5.75 Å². The first-order valence-corrected chi connectivity index (χ1v) is 7.25. The van der Waals surface area contributed by atoms with Gasteiger partial charge in [-0.15, -0.1) is 0 Å². The normalized spacial score (nSPS) is 13.3. The van der Waals surface area contributed by atoms with Gasteiger partial charge in [0, 0.05) is 12.6 Å². The lowest BCUT2D eigenvalue weighted by Gasteiger charge is -2.10. The van der Waals surface area contributed by atoms with Crippen LogP contribution < -0.4 is 15.2 Å². The summed E-state index contributed by atoms with van der Waals surface area (Å²) in [6.07, 6.45) is 0.606. The van der Waals surface area contributed by atoms with Crippen LogP contribution in [0.15, 0.2) is 23.1 Å². The summed E-state index contributed by atoms with van der Waals surface area (Å²) in [5.41, 5.74) is 6.36. The summed E-state index contributed by atoms with van der Waals surface area (Å²) in [7, 11) is -1.91. The summed E-state index contributed by atoms with van der Waals surface area (Å²) in [5.74, 6) is 0.671. The third kappa shape index (κ3) is 3.97. The van der Waals surface area contributed by atoms with Gasteiger partial charge in [-0.2, -0.15) is 0 Å². The van der Waals surface area contributed by atoms with Crippen molar-refractivity contribution in [2.45, 2.75) is 31.2 Å². The van der Waals surface area contributed by atoms with Crippen molar-refractivity contribution in [3.63, 3.8) is 0 Å². The fourth-order valence-corrected chi connectivity index (χ4v) is 2.65. The molecule has 0 aliphatic rings. The quantitative estimate of drug-likeness (QED) is 0.810. The van der Waals surface area contributed by atoms with Crippen molar-refractivity contribution < 1.29 is 13.2 Å². The molecule has 1 aromatic carbocycles. The zero-order chi connectivity index (χ0) is 13.8. The average molecular weight is 272 g/mol. The van der Waals surface area contributed by atoms with Crippen LogP contribution in [0.25, 0.3) is 0 Å². The SMILES string of the molecule is COc1ccc(S(=O)(=O)NCCC(C)N)cc1C. The number of benzene rings is 1. The van der Waals surface area contributed by atoms with Crippen molar-refractivity contribution in [2.75, 3.05) is 13.7 Å². The Bertz CT molecular complexity index is 498. The molecular weight excluding hydrogens is 252 g/mol. The van der Waals surface area contributed by atoms with Crippen LogP contribution in [-0.2, 0) is 10.0 Å².